The Balaban J connectivity index is 2.34. The van der Waals surface area contributed by atoms with E-state index in [9.17, 15) is 14.9 Å². The average Bonchev–Trinajstić information content (AvgIpc) is 2.63. The quantitative estimate of drug-likeness (QED) is 0.441. The van der Waals surface area contributed by atoms with Gasteiger partial charge in [-0.05, 0) is 19.1 Å². The Hall–Kier alpha value is -3.13. The number of aryl methyl sites for hydroxylation is 1. The van der Waals surface area contributed by atoms with E-state index in [1.807, 2.05) is 19.1 Å². The van der Waals surface area contributed by atoms with E-state index in [1.54, 1.807) is 12.1 Å². The van der Waals surface area contributed by atoms with Crippen molar-refractivity contribution in [3.8, 4) is 11.5 Å². The fraction of sp³-hybridized carbons (Fsp3) is 0.278. The van der Waals surface area contributed by atoms with Crippen LogP contribution in [0, 0.1) is 17.0 Å². The molecule has 0 saturated heterocycles. The molecule has 1 N–H and O–H groups in total. The molecular weight excluding hydrogens is 340 g/mol. The maximum Gasteiger partial charge on any atom is 0.286 e. The highest BCUT2D eigenvalue weighted by Crippen LogP contribution is 2.35. The minimum atomic E-state index is -0.632. The van der Waals surface area contributed by atoms with Crippen molar-refractivity contribution >= 4 is 17.3 Å². The van der Waals surface area contributed by atoms with Crippen molar-refractivity contribution in [2.45, 2.75) is 6.92 Å². The molecule has 8 nitrogen and oxygen atoms in total. The topological polar surface area (TPSA) is 99.9 Å². The molecule has 0 radical (unpaired) electrons. The maximum absolute atomic E-state index is 12.5. The zero-order valence-electron chi connectivity index (χ0n) is 14.8. The van der Waals surface area contributed by atoms with Gasteiger partial charge in [-0.3, -0.25) is 14.9 Å². The molecule has 138 valence electrons. The molecule has 0 aliphatic heterocycles. The van der Waals surface area contributed by atoms with Gasteiger partial charge in [-0.25, -0.2) is 0 Å². The van der Waals surface area contributed by atoms with Crippen LogP contribution in [0.25, 0.3) is 0 Å². The van der Waals surface area contributed by atoms with Crippen molar-refractivity contribution in [2.24, 2.45) is 0 Å². The minimum Gasteiger partial charge on any atom is -0.493 e. The second kappa shape index (κ2) is 8.82. The predicted octanol–water partition coefficient (Wildman–Crippen LogP) is 3.19. The zero-order chi connectivity index (χ0) is 19.1. The van der Waals surface area contributed by atoms with Gasteiger partial charge in [-0.2, -0.15) is 0 Å². The van der Waals surface area contributed by atoms with Crippen LogP contribution in [0.1, 0.15) is 15.9 Å². The van der Waals surface area contributed by atoms with Gasteiger partial charge in [-0.1, -0.05) is 17.7 Å². The van der Waals surface area contributed by atoms with Crippen molar-refractivity contribution in [1.82, 2.24) is 0 Å². The zero-order valence-corrected chi connectivity index (χ0v) is 14.8. The van der Waals surface area contributed by atoms with Gasteiger partial charge in [0, 0.05) is 18.9 Å². The first-order valence-corrected chi connectivity index (χ1v) is 7.82. The van der Waals surface area contributed by atoms with E-state index in [0.29, 0.717) is 12.3 Å². The monoisotopic (exact) mass is 360 g/mol. The Morgan fingerprint density at radius 3 is 2.38 bits per heavy atom. The second-order valence-electron chi connectivity index (χ2n) is 5.44. The van der Waals surface area contributed by atoms with Gasteiger partial charge >= 0.3 is 0 Å². The molecule has 0 unspecified atom stereocenters. The van der Waals surface area contributed by atoms with E-state index >= 15 is 0 Å². The van der Waals surface area contributed by atoms with Gasteiger partial charge < -0.3 is 19.5 Å². The number of hydrogen-bond acceptors (Lipinski definition) is 6. The van der Waals surface area contributed by atoms with Crippen molar-refractivity contribution < 1.29 is 23.9 Å². The molecule has 0 spiro atoms. The number of carbonyl (C=O) groups is 1. The summed E-state index contributed by atoms with van der Waals surface area (Å²) in [6, 6.07) is 9.58. The van der Waals surface area contributed by atoms with Crippen LogP contribution in [0.3, 0.4) is 0 Å². The van der Waals surface area contributed by atoms with E-state index in [4.69, 9.17) is 14.2 Å². The lowest BCUT2D eigenvalue weighted by Gasteiger charge is -2.13. The van der Waals surface area contributed by atoms with Crippen LogP contribution >= 0.6 is 0 Å². The van der Waals surface area contributed by atoms with Crippen LogP contribution in [0.2, 0.25) is 0 Å². The molecular formula is C18H20N2O6. The SMILES string of the molecule is COCCOc1cc([N+](=O)[O-])c(C(=O)Nc2ccc(C)cc2)cc1OC. The van der Waals surface area contributed by atoms with Crippen LogP contribution in [-0.4, -0.2) is 38.3 Å². The lowest BCUT2D eigenvalue weighted by Crippen LogP contribution is -2.15. The standard InChI is InChI=1S/C18H20N2O6/c1-12-4-6-13(7-5-12)19-18(21)14-10-16(25-3)17(26-9-8-24-2)11-15(14)20(22)23/h4-7,10-11H,8-9H2,1-3H3,(H,19,21). The largest absolute Gasteiger partial charge is 0.493 e. The Kier molecular flexibility index (Phi) is 6.51. The number of rotatable bonds is 8. The number of methoxy groups -OCH3 is 2. The van der Waals surface area contributed by atoms with Crippen LogP contribution < -0.4 is 14.8 Å². The van der Waals surface area contributed by atoms with E-state index in [2.05, 4.69) is 5.32 Å². The van der Waals surface area contributed by atoms with Crippen LogP contribution in [0.4, 0.5) is 11.4 Å². The third-order valence-corrected chi connectivity index (χ3v) is 3.58. The van der Waals surface area contributed by atoms with Crippen molar-refractivity contribution in [1.29, 1.82) is 0 Å². The van der Waals surface area contributed by atoms with Crippen molar-refractivity contribution in [3.05, 3.63) is 57.6 Å². The molecule has 26 heavy (non-hydrogen) atoms. The Bertz CT molecular complexity index is 789. The highest BCUT2D eigenvalue weighted by molar-refractivity contribution is 6.07. The normalized spacial score (nSPS) is 10.3. The lowest BCUT2D eigenvalue weighted by molar-refractivity contribution is -0.385. The average molecular weight is 360 g/mol. The Morgan fingerprint density at radius 1 is 1.12 bits per heavy atom. The molecule has 1 amide bonds. The summed E-state index contributed by atoms with van der Waals surface area (Å²) in [5.74, 6) is -0.216. The molecule has 8 heteroatoms. The van der Waals surface area contributed by atoms with Crippen LogP contribution in [0.5, 0.6) is 11.5 Å². The van der Waals surface area contributed by atoms with E-state index in [1.165, 1.54) is 26.4 Å². The first-order valence-electron chi connectivity index (χ1n) is 7.82. The van der Waals surface area contributed by atoms with Crippen molar-refractivity contribution in [2.75, 3.05) is 32.8 Å². The molecule has 0 aromatic heterocycles. The number of nitro groups is 1. The molecule has 2 rings (SSSR count). The number of benzene rings is 2. The van der Waals surface area contributed by atoms with E-state index in [0.717, 1.165) is 5.56 Å². The number of hydrogen-bond donors (Lipinski definition) is 1. The number of ether oxygens (including phenoxy) is 3. The van der Waals surface area contributed by atoms with Gasteiger partial charge in [-0.15, -0.1) is 0 Å². The number of nitrogens with zero attached hydrogens (tertiary/aromatic N) is 1. The minimum absolute atomic E-state index is 0.119. The number of anilines is 1. The predicted molar refractivity (Wildman–Crippen MR) is 96.2 cm³/mol. The molecule has 2 aromatic rings. The number of nitro benzene ring substituents is 1. The molecule has 0 bridgehead atoms. The molecule has 0 fully saturated rings. The van der Waals surface area contributed by atoms with E-state index in [-0.39, 0.29) is 29.4 Å². The van der Waals surface area contributed by atoms with Crippen LogP contribution in [-0.2, 0) is 4.74 Å². The number of nitrogens with one attached hydrogen (secondary N) is 1. The lowest BCUT2D eigenvalue weighted by atomic mass is 10.1. The molecule has 0 heterocycles. The summed E-state index contributed by atoms with van der Waals surface area (Å²) >= 11 is 0. The summed E-state index contributed by atoms with van der Waals surface area (Å²) in [6.07, 6.45) is 0. The molecule has 0 saturated carbocycles. The molecule has 0 atom stereocenters. The van der Waals surface area contributed by atoms with Crippen molar-refractivity contribution in [3.63, 3.8) is 0 Å². The molecule has 0 aliphatic rings. The first kappa shape index (κ1) is 19.2. The third-order valence-electron chi connectivity index (χ3n) is 3.58. The Labute approximate surface area is 150 Å². The van der Waals surface area contributed by atoms with Gasteiger partial charge in [0.05, 0.1) is 24.7 Å². The van der Waals surface area contributed by atoms with Gasteiger partial charge in [0.25, 0.3) is 11.6 Å². The summed E-state index contributed by atoms with van der Waals surface area (Å²) in [6.45, 7) is 2.43. The molecule has 0 aliphatic carbocycles. The van der Waals surface area contributed by atoms with Gasteiger partial charge in [0.2, 0.25) is 0 Å². The van der Waals surface area contributed by atoms with Gasteiger partial charge in [0.1, 0.15) is 12.2 Å². The highest BCUT2D eigenvalue weighted by atomic mass is 16.6. The fourth-order valence-corrected chi connectivity index (χ4v) is 2.22. The van der Waals surface area contributed by atoms with Gasteiger partial charge in [0.15, 0.2) is 11.5 Å². The summed E-state index contributed by atoms with van der Waals surface area (Å²) in [7, 11) is 2.91. The maximum atomic E-state index is 12.5. The summed E-state index contributed by atoms with van der Waals surface area (Å²) in [5, 5.41) is 14.1. The summed E-state index contributed by atoms with van der Waals surface area (Å²) < 4.78 is 15.5. The first-order chi connectivity index (χ1) is 12.5. The third kappa shape index (κ3) is 4.70. The summed E-state index contributed by atoms with van der Waals surface area (Å²) in [5.41, 5.74) is 1.08. The smallest absolute Gasteiger partial charge is 0.286 e. The Morgan fingerprint density at radius 2 is 1.81 bits per heavy atom. The van der Waals surface area contributed by atoms with Crippen LogP contribution in [0.15, 0.2) is 36.4 Å². The molecule has 2 aromatic carbocycles. The number of carbonyl (C=O) groups excluding carboxylic acids is 1. The van der Waals surface area contributed by atoms with E-state index < -0.39 is 10.8 Å². The summed E-state index contributed by atoms with van der Waals surface area (Å²) in [4.78, 5) is 23.3. The number of amides is 1. The highest BCUT2D eigenvalue weighted by Gasteiger charge is 2.25. The fourth-order valence-electron chi connectivity index (χ4n) is 2.22. The second-order valence-corrected chi connectivity index (χ2v) is 5.44.